The molecular formula is C16H23N3O2. The van der Waals surface area contributed by atoms with Gasteiger partial charge >= 0.3 is 6.03 Å². The van der Waals surface area contributed by atoms with E-state index in [0.717, 1.165) is 31.6 Å². The summed E-state index contributed by atoms with van der Waals surface area (Å²) >= 11 is 0. The molecule has 3 amide bonds. The van der Waals surface area contributed by atoms with Crippen molar-refractivity contribution in [2.24, 2.45) is 0 Å². The van der Waals surface area contributed by atoms with Crippen LogP contribution in [-0.4, -0.2) is 36.5 Å². The lowest BCUT2D eigenvalue weighted by Gasteiger charge is -2.20. The van der Waals surface area contributed by atoms with Crippen LogP contribution in [0, 0.1) is 0 Å². The molecule has 0 spiro atoms. The van der Waals surface area contributed by atoms with E-state index in [9.17, 15) is 9.59 Å². The Morgan fingerprint density at radius 3 is 2.33 bits per heavy atom. The van der Waals surface area contributed by atoms with Crippen LogP contribution < -0.4 is 10.6 Å². The van der Waals surface area contributed by atoms with Crippen molar-refractivity contribution >= 4 is 17.6 Å². The van der Waals surface area contributed by atoms with Gasteiger partial charge in [-0.05, 0) is 25.0 Å². The minimum Gasteiger partial charge on any atom is -0.343 e. The van der Waals surface area contributed by atoms with E-state index < -0.39 is 0 Å². The number of hydrogen-bond acceptors (Lipinski definition) is 2. The van der Waals surface area contributed by atoms with E-state index in [2.05, 4.69) is 10.6 Å². The first kappa shape index (κ1) is 15.4. The number of likely N-dealkylation sites (tertiary alicyclic amines) is 1. The SMILES string of the molecule is O=C(NCCC(=O)N1CCCCCC1)Nc1ccccc1. The number of nitrogens with one attached hydrogen (secondary N) is 2. The molecule has 1 aliphatic heterocycles. The largest absolute Gasteiger partial charge is 0.343 e. The van der Waals surface area contributed by atoms with Gasteiger partial charge in [0.15, 0.2) is 0 Å². The molecule has 1 aromatic rings. The molecule has 0 aromatic heterocycles. The molecule has 1 heterocycles. The topological polar surface area (TPSA) is 61.4 Å². The van der Waals surface area contributed by atoms with Crippen molar-refractivity contribution in [1.29, 1.82) is 0 Å². The Morgan fingerprint density at radius 1 is 1.00 bits per heavy atom. The number of benzene rings is 1. The average molecular weight is 289 g/mol. The summed E-state index contributed by atoms with van der Waals surface area (Å²) in [5, 5.41) is 5.45. The number of carbonyl (C=O) groups excluding carboxylic acids is 2. The van der Waals surface area contributed by atoms with Crippen LogP contribution in [0.1, 0.15) is 32.1 Å². The van der Waals surface area contributed by atoms with Crippen molar-refractivity contribution in [3.05, 3.63) is 30.3 Å². The van der Waals surface area contributed by atoms with Crippen LogP contribution >= 0.6 is 0 Å². The molecule has 0 atom stereocenters. The molecule has 0 saturated carbocycles. The van der Waals surface area contributed by atoms with Crippen LogP contribution in [0.2, 0.25) is 0 Å². The fourth-order valence-corrected chi connectivity index (χ4v) is 2.46. The Bertz CT molecular complexity index is 454. The highest BCUT2D eigenvalue weighted by molar-refractivity contribution is 5.89. The predicted octanol–water partition coefficient (Wildman–Crippen LogP) is 2.60. The molecule has 1 saturated heterocycles. The van der Waals surface area contributed by atoms with E-state index in [-0.39, 0.29) is 11.9 Å². The molecule has 2 N–H and O–H groups in total. The molecule has 1 aliphatic rings. The molecule has 21 heavy (non-hydrogen) atoms. The summed E-state index contributed by atoms with van der Waals surface area (Å²) in [6, 6.07) is 8.98. The number of para-hydroxylation sites is 1. The first-order valence-electron chi connectivity index (χ1n) is 7.63. The van der Waals surface area contributed by atoms with Crippen molar-refractivity contribution in [1.82, 2.24) is 10.2 Å². The Kier molecular flexibility index (Phi) is 6.06. The maximum Gasteiger partial charge on any atom is 0.319 e. The van der Waals surface area contributed by atoms with Crippen molar-refractivity contribution < 1.29 is 9.59 Å². The summed E-state index contributed by atoms with van der Waals surface area (Å²) in [5.74, 6) is 0.136. The van der Waals surface area contributed by atoms with E-state index in [1.165, 1.54) is 12.8 Å². The Hall–Kier alpha value is -2.04. The predicted molar refractivity (Wildman–Crippen MR) is 83.1 cm³/mol. The van der Waals surface area contributed by atoms with Gasteiger partial charge in [-0.2, -0.15) is 0 Å². The lowest BCUT2D eigenvalue weighted by Crippen LogP contribution is -2.36. The first-order chi connectivity index (χ1) is 10.3. The number of rotatable bonds is 4. The number of anilines is 1. The van der Waals surface area contributed by atoms with Gasteiger partial charge in [0.2, 0.25) is 5.91 Å². The van der Waals surface area contributed by atoms with Crippen molar-refractivity contribution in [2.75, 3.05) is 25.0 Å². The Labute approximate surface area is 125 Å². The van der Waals surface area contributed by atoms with Gasteiger partial charge in [-0.3, -0.25) is 4.79 Å². The standard InChI is InChI=1S/C16H23N3O2/c20-15(19-12-6-1-2-7-13-19)10-11-17-16(21)18-14-8-4-3-5-9-14/h3-5,8-9H,1-2,6-7,10-13H2,(H2,17,18,21). The van der Waals surface area contributed by atoms with Crippen LogP contribution in [0.3, 0.4) is 0 Å². The second-order valence-electron chi connectivity index (χ2n) is 5.29. The van der Waals surface area contributed by atoms with E-state index in [1.54, 1.807) is 0 Å². The van der Waals surface area contributed by atoms with Crippen LogP contribution in [0.15, 0.2) is 30.3 Å². The van der Waals surface area contributed by atoms with Crippen molar-refractivity contribution in [3.8, 4) is 0 Å². The Balaban J connectivity index is 1.66. The number of urea groups is 1. The molecule has 1 aromatic carbocycles. The van der Waals surface area contributed by atoms with Crippen LogP contribution in [0.25, 0.3) is 0 Å². The van der Waals surface area contributed by atoms with E-state index in [1.807, 2.05) is 35.2 Å². The molecule has 0 aliphatic carbocycles. The third-order valence-corrected chi connectivity index (χ3v) is 3.61. The van der Waals surface area contributed by atoms with Gasteiger partial charge in [0.05, 0.1) is 0 Å². The normalized spacial score (nSPS) is 15.1. The molecule has 0 unspecified atom stereocenters. The van der Waals surface area contributed by atoms with Gasteiger partial charge in [-0.15, -0.1) is 0 Å². The highest BCUT2D eigenvalue weighted by Gasteiger charge is 2.15. The first-order valence-corrected chi connectivity index (χ1v) is 7.63. The zero-order chi connectivity index (χ0) is 14.9. The second-order valence-corrected chi connectivity index (χ2v) is 5.29. The third kappa shape index (κ3) is 5.45. The fraction of sp³-hybridized carbons (Fsp3) is 0.500. The van der Waals surface area contributed by atoms with Gasteiger partial charge in [0.25, 0.3) is 0 Å². The van der Waals surface area contributed by atoms with E-state index in [4.69, 9.17) is 0 Å². The number of amides is 3. The minimum atomic E-state index is -0.273. The average Bonchev–Trinajstić information content (AvgIpc) is 2.77. The van der Waals surface area contributed by atoms with Gasteiger partial charge in [-0.1, -0.05) is 31.0 Å². The highest BCUT2D eigenvalue weighted by atomic mass is 16.2. The van der Waals surface area contributed by atoms with Gasteiger partial charge < -0.3 is 15.5 Å². The van der Waals surface area contributed by atoms with Crippen LogP contribution in [0.4, 0.5) is 10.5 Å². The highest BCUT2D eigenvalue weighted by Crippen LogP contribution is 2.10. The van der Waals surface area contributed by atoms with Crippen LogP contribution in [-0.2, 0) is 4.79 Å². The monoisotopic (exact) mass is 289 g/mol. The quantitative estimate of drug-likeness (QED) is 0.895. The van der Waals surface area contributed by atoms with Crippen molar-refractivity contribution in [3.63, 3.8) is 0 Å². The smallest absolute Gasteiger partial charge is 0.319 e. The number of hydrogen-bond donors (Lipinski definition) is 2. The van der Waals surface area contributed by atoms with E-state index >= 15 is 0 Å². The molecule has 114 valence electrons. The van der Waals surface area contributed by atoms with Gasteiger partial charge in [0, 0.05) is 31.7 Å². The minimum absolute atomic E-state index is 0.136. The summed E-state index contributed by atoms with van der Waals surface area (Å²) < 4.78 is 0. The number of carbonyl (C=O) groups is 2. The van der Waals surface area contributed by atoms with Gasteiger partial charge in [0.1, 0.15) is 0 Å². The Morgan fingerprint density at radius 2 is 1.67 bits per heavy atom. The van der Waals surface area contributed by atoms with Crippen LogP contribution in [0.5, 0.6) is 0 Å². The molecule has 2 rings (SSSR count). The summed E-state index contributed by atoms with van der Waals surface area (Å²) in [5.41, 5.74) is 0.744. The third-order valence-electron chi connectivity index (χ3n) is 3.61. The summed E-state index contributed by atoms with van der Waals surface area (Å²) in [6.45, 7) is 2.08. The molecule has 5 nitrogen and oxygen atoms in total. The molecule has 1 fully saturated rings. The number of nitrogens with zero attached hydrogens (tertiary/aromatic N) is 1. The zero-order valence-electron chi connectivity index (χ0n) is 12.3. The van der Waals surface area contributed by atoms with Gasteiger partial charge in [-0.25, -0.2) is 4.79 Å². The molecule has 0 radical (unpaired) electrons. The van der Waals surface area contributed by atoms with Crippen molar-refractivity contribution in [2.45, 2.75) is 32.1 Å². The fourth-order valence-electron chi connectivity index (χ4n) is 2.46. The molecule has 5 heteroatoms. The maximum atomic E-state index is 12.0. The lowest BCUT2D eigenvalue weighted by molar-refractivity contribution is -0.131. The summed E-state index contributed by atoms with van der Waals surface area (Å²) in [4.78, 5) is 25.6. The lowest BCUT2D eigenvalue weighted by atomic mass is 10.2. The molecule has 0 bridgehead atoms. The molecular weight excluding hydrogens is 266 g/mol. The van der Waals surface area contributed by atoms with E-state index in [0.29, 0.717) is 13.0 Å². The zero-order valence-corrected chi connectivity index (χ0v) is 12.3. The summed E-state index contributed by atoms with van der Waals surface area (Å²) in [7, 11) is 0. The summed E-state index contributed by atoms with van der Waals surface area (Å²) in [6.07, 6.45) is 4.96. The second kappa shape index (κ2) is 8.29. The maximum absolute atomic E-state index is 12.0.